The zero-order valence-corrected chi connectivity index (χ0v) is 9.42. The first-order chi connectivity index (χ1) is 6.48. The molecule has 0 aliphatic rings. The van der Waals surface area contributed by atoms with Crippen LogP contribution in [0.5, 0.6) is 5.75 Å². The lowest BCUT2D eigenvalue weighted by molar-refractivity contribution is -0.132. The van der Waals surface area contributed by atoms with Crippen LogP contribution in [-0.4, -0.2) is 10.9 Å². The summed E-state index contributed by atoms with van der Waals surface area (Å²) in [6.07, 6.45) is 0. The van der Waals surface area contributed by atoms with Gasteiger partial charge in [0, 0.05) is 28.2 Å². The summed E-state index contributed by atoms with van der Waals surface area (Å²) in [6.45, 7) is 0. The molecule has 14 heavy (non-hydrogen) atoms. The molecule has 0 aliphatic carbocycles. The van der Waals surface area contributed by atoms with Crippen LogP contribution in [0.4, 0.5) is 8.78 Å². The minimum Gasteiger partial charge on any atom is -0.497 e. The van der Waals surface area contributed by atoms with Gasteiger partial charge in [0.1, 0.15) is 5.75 Å². The van der Waals surface area contributed by atoms with E-state index in [4.69, 9.17) is 4.74 Å². The average molecular weight is 312 g/mol. The molecule has 1 rings (SSSR count). The molecule has 0 unspecified atom stereocenters. The van der Waals surface area contributed by atoms with E-state index in [-0.39, 0.29) is 5.56 Å². The van der Waals surface area contributed by atoms with E-state index in [1.54, 1.807) is 0 Å². The van der Waals surface area contributed by atoms with Crippen LogP contribution >= 0.6 is 22.6 Å². The molecular formula is C9H7F2IO2. The van der Waals surface area contributed by atoms with E-state index in [2.05, 4.69) is 0 Å². The third-order valence-electron chi connectivity index (χ3n) is 1.70. The van der Waals surface area contributed by atoms with Crippen molar-refractivity contribution in [2.45, 2.75) is 5.92 Å². The van der Waals surface area contributed by atoms with Crippen LogP contribution in [0.15, 0.2) is 24.3 Å². The molecule has 0 amide bonds. The molecule has 5 heteroatoms. The predicted molar refractivity (Wildman–Crippen MR) is 55.9 cm³/mol. The van der Waals surface area contributed by atoms with Gasteiger partial charge in [0.05, 0.1) is 7.11 Å². The molecule has 0 heterocycles. The molecule has 0 N–H and O–H groups in total. The molecule has 0 atom stereocenters. The Hall–Kier alpha value is -0.720. The summed E-state index contributed by atoms with van der Waals surface area (Å²) in [5.41, 5.74) is -0.322. The van der Waals surface area contributed by atoms with E-state index in [0.717, 1.165) is 22.6 Å². The van der Waals surface area contributed by atoms with Gasteiger partial charge in [-0.05, 0) is 24.3 Å². The van der Waals surface area contributed by atoms with Crippen LogP contribution in [0, 0.1) is 0 Å². The van der Waals surface area contributed by atoms with Crippen LogP contribution < -0.4 is 4.74 Å². The van der Waals surface area contributed by atoms with E-state index in [1.807, 2.05) is 0 Å². The van der Waals surface area contributed by atoms with Crippen LogP contribution in [0.1, 0.15) is 5.56 Å². The van der Waals surface area contributed by atoms with Crippen molar-refractivity contribution in [1.82, 2.24) is 0 Å². The van der Waals surface area contributed by atoms with Gasteiger partial charge < -0.3 is 4.74 Å². The summed E-state index contributed by atoms with van der Waals surface area (Å²) in [6, 6.07) is 5.14. The Kier molecular flexibility index (Phi) is 3.41. The Morgan fingerprint density at radius 1 is 1.36 bits per heavy atom. The Morgan fingerprint density at radius 2 is 1.86 bits per heavy atom. The molecule has 0 radical (unpaired) electrons. The highest BCUT2D eigenvalue weighted by Gasteiger charge is 2.38. The summed E-state index contributed by atoms with van der Waals surface area (Å²) < 4.78 is 29.8. The van der Waals surface area contributed by atoms with Crippen LogP contribution in [-0.2, 0) is 10.7 Å². The smallest absolute Gasteiger partial charge is 0.340 e. The molecule has 1 aromatic carbocycles. The van der Waals surface area contributed by atoms with Gasteiger partial charge in [-0.3, -0.25) is 4.79 Å². The number of halogens is 3. The Labute approximate surface area is 93.4 Å². The second-order valence-electron chi connectivity index (χ2n) is 2.58. The number of hydrogen-bond donors (Lipinski definition) is 0. The molecule has 76 valence electrons. The maximum absolute atomic E-state index is 13.1. The van der Waals surface area contributed by atoms with Crippen molar-refractivity contribution in [3.63, 3.8) is 0 Å². The van der Waals surface area contributed by atoms with Crippen molar-refractivity contribution >= 4 is 26.4 Å². The van der Waals surface area contributed by atoms with Gasteiger partial charge in [-0.15, -0.1) is 0 Å². The number of methoxy groups -OCH3 is 1. The quantitative estimate of drug-likeness (QED) is 0.634. The highest BCUT2D eigenvalue weighted by molar-refractivity contribution is 14.1. The fourth-order valence-corrected chi connectivity index (χ4v) is 1.23. The summed E-state index contributed by atoms with van der Waals surface area (Å²) >= 11 is 1.09. The number of ether oxygens (including phenoxy) is 1. The molecule has 0 spiro atoms. The number of carbonyl (C=O) groups is 1. The van der Waals surface area contributed by atoms with E-state index in [9.17, 15) is 13.6 Å². The molecule has 0 bridgehead atoms. The molecule has 2 nitrogen and oxygen atoms in total. The Bertz CT molecular complexity index is 335. The fraction of sp³-hybridized carbons (Fsp3) is 0.222. The van der Waals surface area contributed by atoms with Gasteiger partial charge in [-0.2, -0.15) is 8.78 Å². The minimum absolute atomic E-state index is 0.322. The molecule has 0 saturated carbocycles. The second-order valence-corrected chi connectivity index (χ2v) is 3.56. The highest BCUT2D eigenvalue weighted by Crippen LogP contribution is 2.32. The third-order valence-corrected chi connectivity index (χ3v) is 2.38. The fourth-order valence-electron chi connectivity index (χ4n) is 0.914. The number of alkyl halides is 2. The van der Waals surface area contributed by atoms with Gasteiger partial charge in [0.2, 0.25) is 0 Å². The summed E-state index contributed by atoms with van der Waals surface area (Å²) in [5, 5.41) is 0. The average Bonchev–Trinajstić information content (AvgIpc) is 2.17. The largest absolute Gasteiger partial charge is 0.497 e. The van der Waals surface area contributed by atoms with Gasteiger partial charge in [0.25, 0.3) is 3.79 Å². The molecular weight excluding hydrogens is 305 g/mol. The van der Waals surface area contributed by atoms with E-state index in [1.165, 1.54) is 31.4 Å². The predicted octanol–water partition coefficient (Wildman–Crippen LogP) is 2.75. The lowest BCUT2D eigenvalue weighted by atomic mass is 10.1. The maximum Gasteiger partial charge on any atom is 0.340 e. The topological polar surface area (TPSA) is 26.3 Å². The van der Waals surface area contributed by atoms with E-state index in [0.29, 0.717) is 5.75 Å². The van der Waals surface area contributed by atoms with Crippen molar-refractivity contribution in [2.24, 2.45) is 0 Å². The lowest BCUT2D eigenvalue weighted by Crippen LogP contribution is -2.20. The lowest BCUT2D eigenvalue weighted by Gasteiger charge is -2.11. The maximum atomic E-state index is 13.1. The van der Waals surface area contributed by atoms with Gasteiger partial charge in [-0.25, -0.2) is 0 Å². The standard InChI is InChI=1S/C9H7F2IO2/c1-14-7-4-2-6(3-5-7)9(10,11)8(12)13/h2-5H,1H3. The SMILES string of the molecule is COc1ccc(C(F)(F)C(=O)I)cc1. The van der Waals surface area contributed by atoms with Crippen molar-refractivity contribution in [3.05, 3.63) is 29.8 Å². The van der Waals surface area contributed by atoms with Crippen LogP contribution in [0.3, 0.4) is 0 Å². The summed E-state index contributed by atoms with van der Waals surface area (Å²) in [4.78, 5) is 10.6. The Morgan fingerprint density at radius 3 is 2.21 bits per heavy atom. The van der Waals surface area contributed by atoms with Crippen molar-refractivity contribution in [3.8, 4) is 5.75 Å². The van der Waals surface area contributed by atoms with E-state index >= 15 is 0 Å². The molecule has 0 aliphatic heterocycles. The highest BCUT2D eigenvalue weighted by atomic mass is 127. The van der Waals surface area contributed by atoms with E-state index < -0.39 is 9.71 Å². The van der Waals surface area contributed by atoms with Crippen molar-refractivity contribution < 1.29 is 18.3 Å². The zero-order chi connectivity index (χ0) is 10.8. The number of hydrogen-bond acceptors (Lipinski definition) is 2. The molecule has 0 aromatic heterocycles. The van der Waals surface area contributed by atoms with Gasteiger partial charge in [0.15, 0.2) is 0 Å². The molecule has 0 saturated heterocycles. The van der Waals surface area contributed by atoms with Crippen molar-refractivity contribution in [1.29, 1.82) is 0 Å². The molecule has 0 fully saturated rings. The summed E-state index contributed by atoms with van der Waals surface area (Å²) in [7, 11) is 1.44. The minimum atomic E-state index is -3.42. The van der Waals surface area contributed by atoms with Gasteiger partial charge in [-0.1, -0.05) is 0 Å². The third kappa shape index (κ3) is 2.20. The van der Waals surface area contributed by atoms with Gasteiger partial charge >= 0.3 is 5.92 Å². The first-order valence-electron chi connectivity index (χ1n) is 3.70. The molecule has 1 aromatic rings. The summed E-state index contributed by atoms with van der Waals surface area (Å²) in [5.74, 6) is -2.95. The number of carbonyl (C=O) groups excluding carboxylic acids is 1. The monoisotopic (exact) mass is 312 g/mol. The number of benzene rings is 1. The first-order valence-corrected chi connectivity index (χ1v) is 4.78. The number of rotatable bonds is 3. The second kappa shape index (κ2) is 4.20. The zero-order valence-electron chi connectivity index (χ0n) is 7.26. The van der Waals surface area contributed by atoms with Crippen molar-refractivity contribution in [2.75, 3.05) is 7.11 Å². The first kappa shape index (κ1) is 11.4. The Balaban J connectivity index is 3.02. The van der Waals surface area contributed by atoms with Crippen LogP contribution in [0.25, 0.3) is 0 Å². The van der Waals surface area contributed by atoms with Crippen LogP contribution in [0.2, 0.25) is 0 Å². The normalized spacial score (nSPS) is 11.1.